The minimum absolute atomic E-state index is 0.000464. The highest BCUT2D eigenvalue weighted by molar-refractivity contribution is 6.33. The van der Waals surface area contributed by atoms with Crippen molar-refractivity contribution in [3.8, 4) is 0 Å². The van der Waals surface area contributed by atoms with Crippen molar-refractivity contribution < 1.29 is 19.0 Å². The zero-order chi connectivity index (χ0) is 18.6. The van der Waals surface area contributed by atoms with E-state index in [0.717, 1.165) is 49.7 Å². The second-order valence-corrected chi connectivity index (χ2v) is 7.36. The van der Waals surface area contributed by atoms with Gasteiger partial charge in [0.25, 0.3) is 11.8 Å². The molecule has 3 aromatic rings. The number of nitrogens with zero attached hydrogens (tertiary/aromatic N) is 1. The lowest BCUT2D eigenvalue weighted by molar-refractivity contribution is -1.02. The van der Waals surface area contributed by atoms with E-state index in [1.165, 1.54) is 9.80 Å². The maximum atomic E-state index is 12.3. The Hall–Kier alpha value is -2.41. The highest BCUT2D eigenvalue weighted by atomic mass is 35.5. The molecule has 1 aliphatic rings. The smallest absolute Gasteiger partial charge is 0.279 e. The van der Waals surface area contributed by atoms with Crippen molar-refractivity contribution in [1.29, 1.82) is 0 Å². The molecule has 1 fully saturated rings. The van der Waals surface area contributed by atoms with Gasteiger partial charge in [-0.3, -0.25) is 4.79 Å². The standard InChI is InChI=1S/C20H21ClN4O2/c21-15-5-1-2-6-16(15)22-19(26)13-24-9-11-25(12-10-24)14-20-23-17-7-3-4-8-18(17)27-20/h1-8H,9-14H2,(H,22,26)/p+2. The largest absolute Gasteiger partial charge is 0.435 e. The van der Waals surface area contributed by atoms with Gasteiger partial charge >= 0.3 is 0 Å². The number of anilines is 1. The molecule has 27 heavy (non-hydrogen) atoms. The molecule has 3 N–H and O–H groups in total. The first-order valence-electron chi connectivity index (χ1n) is 9.23. The molecule has 0 spiro atoms. The molecule has 0 atom stereocenters. The number of aromatic nitrogens is 1. The number of oxazole rings is 1. The van der Waals surface area contributed by atoms with Gasteiger partial charge in [0.1, 0.15) is 31.7 Å². The topological polar surface area (TPSA) is 64.0 Å². The zero-order valence-electron chi connectivity index (χ0n) is 15.0. The van der Waals surface area contributed by atoms with Crippen LogP contribution in [0.5, 0.6) is 0 Å². The third-order valence-corrected chi connectivity index (χ3v) is 5.29. The van der Waals surface area contributed by atoms with Crippen molar-refractivity contribution >= 4 is 34.3 Å². The summed E-state index contributed by atoms with van der Waals surface area (Å²) >= 11 is 6.10. The van der Waals surface area contributed by atoms with E-state index in [1.807, 2.05) is 42.5 Å². The second-order valence-electron chi connectivity index (χ2n) is 6.96. The Morgan fingerprint density at radius 3 is 2.52 bits per heavy atom. The number of carbonyl (C=O) groups excluding carboxylic acids is 1. The van der Waals surface area contributed by atoms with Crippen LogP contribution >= 0.6 is 11.6 Å². The SMILES string of the molecule is O=C(C[NH+]1CC[NH+](Cc2nc3ccccc3o2)CC1)Nc1ccccc1Cl. The molecule has 140 valence electrons. The Bertz CT molecular complexity index is 901. The van der Waals surface area contributed by atoms with Crippen LogP contribution in [0.15, 0.2) is 52.9 Å². The summed E-state index contributed by atoms with van der Waals surface area (Å²) in [4.78, 5) is 19.6. The molecule has 0 saturated carbocycles. The average Bonchev–Trinajstić information content (AvgIpc) is 3.07. The van der Waals surface area contributed by atoms with Crippen molar-refractivity contribution in [3.63, 3.8) is 0 Å². The van der Waals surface area contributed by atoms with Crippen LogP contribution in [-0.4, -0.2) is 43.6 Å². The van der Waals surface area contributed by atoms with E-state index in [1.54, 1.807) is 6.07 Å². The van der Waals surface area contributed by atoms with Gasteiger partial charge in [0.15, 0.2) is 18.7 Å². The van der Waals surface area contributed by atoms with Crippen LogP contribution in [0.3, 0.4) is 0 Å². The summed E-state index contributed by atoms with van der Waals surface area (Å²) in [6, 6.07) is 15.1. The molecule has 0 radical (unpaired) electrons. The van der Waals surface area contributed by atoms with Crippen LogP contribution in [0.25, 0.3) is 11.1 Å². The number of hydrogen-bond donors (Lipinski definition) is 3. The highest BCUT2D eigenvalue weighted by Crippen LogP contribution is 2.19. The Labute approximate surface area is 162 Å². The molecule has 1 saturated heterocycles. The first-order chi connectivity index (χ1) is 13.2. The van der Waals surface area contributed by atoms with Crippen LogP contribution in [0.4, 0.5) is 5.69 Å². The summed E-state index contributed by atoms with van der Waals surface area (Å²) in [5.74, 6) is 0.784. The number of rotatable bonds is 5. The first-order valence-corrected chi connectivity index (χ1v) is 9.61. The van der Waals surface area contributed by atoms with E-state index in [2.05, 4.69) is 10.3 Å². The molecule has 2 aromatic carbocycles. The number of halogens is 1. The second kappa shape index (κ2) is 8.08. The Kier molecular flexibility index (Phi) is 5.38. The lowest BCUT2D eigenvalue weighted by Gasteiger charge is -2.28. The fraction of sp³-hybridized carbons (Fsp3) is 0.300. The van der Waals surface area contributed by atoms with Gasteiger partial charge in [-0.25, -0.2) is 4.98 Å². The Morgan fingerprint density at radius 2 is 1.74 bits per heavy atom. The molecule has 6 nitrogen and oxygen atoms in total. The van der Waals surface area contributed by atoms with E-state index in [9.17, 15) is 4.79 Å². The van der Waals surface area contributed by atoms with Crippen molar-refractivity contribution in [1.82, 2.24) is 4.98 Å². The summed E-state index contributed by atoms with van der Waals surface area (Å²) in [5.41, 5.74) is 2.42. The third kappa shape index (κ3) is 4.47. The lowest BCUT2D eigenvalue weighted by atomic mass is 10.3. The molecule has 0 unspecified atom stereocenters. The Balaban J connectivity index is 1.26. The van der Waals surface area contributed by atoms with Crippen LogP contribution in [0.1, 0.15) is 5.89 Å². The highest BCUT2D eigenvalue weighted by Gasteiger charge is 2.26. The van der Waals surface area contributed by atoms with Gasteiger partial charge in [0.05, 0.1) is 10.7 Å². The Morgan fingerprint density at radius 1 is 1.04 bits per heavy atom. The molecule has 4 rings (SSSR count). The molecule has 0 aliphatic carbocycles. The number of hydrogen-bond acceptors (Lipinski definition) is 3. The van der Waals surface area contributed by atoms with E-state index in [0.29, 0.717) is 17.3 Å². The minimum Gasteiger partial charge on any atom is -0.435 e. The van der Waals surface area contributed by atoms with Crippen molar-refractivity contribution in [3.05, 3.63) is 59.4 Å². The molecule has 1 amide bonds. The van der Waals surface area contributed by atoms with Crippen LogP contribution in [0, 0.1) is 0 Å². The molecule has 1 aliphatic heterocycles. The molecular weight excluding hydrogens is 364 g/mol. The number of quaternary nitrogens is 2. The van der Waals surface area contributed by atoms with Crippen molar-refractivity contribution in [2.45, 2.75) is 6.54 Å². The van der Waals surface area contributed by atoms with Gasteiger partial charge in [-0.05, 0) is 24.3 Å². The number of nitrogens with one attached hydrogen (secondary N) is 3. The van der Waals surface area contributed by atoms with Crippen LogP contribution < -0.4 is 15.1 Å². The fourth-order valence-electron chi connectivity index (χ4n) is 3.50. The van der Waals surface area contributed by atoms with E-state index in [4.69, 9.17) is 16.0 Å². The first kappa shape index (κ1) is 18.0. The molecule has 2 heterocycles. The fourth-order valence-corrected chi connectivity index (χ4v) is 3.69. The van der Waals surface area contributed by atoms with Crippen molar-refractivity contribution in [2.75, 3.05) is 38.0 Å². The van der Waals surface area contributed by atoms with E-state index in [-0.39, 0.29) is 5.91 Å². The number of piperazine rings is 1. The maximum absolute atomic E-state index is 12.3. The normalized spacial score (nSPS) is 19.9. The monoisotopic (exact) mass is 386 g/mol. The summed E-state index contributed by atoms with van der Waals surface area (Å²) in [6.45, 7) is 5.13. The summed E-state index contributed by atoms with van der Waals surface area (Å²) in [5, 5.41) is 3.46. The molecule has 0 bridgehead atoms. The maximum Gasteiger partial charge on any atom is 0.279 e. The van der Waals surface area contributed by atoms with Crippen molar-refractivity contribution in [2.24, 2.45) is 0 Å². The molecular formula is C20H23ClN4O2+2. The van der Waals surface area contributed by atoms with Gasteiger partial charge in [0, 0.05) is 0 Å². The number of carbonyl (C=O) groups is 1. The summed E-state index contributed by atoms with van der Waals surface area (Å²) < 4.78 is 5.82. The predicted molar refractivity (Wildman–Crippen MR) is 104 cm³/mol. The number of para-hydroxylation sites is 3. The molecule has 7 heteroatoms. The average molecular weight is 387 g/mol. The van der Waals surface area contributed by atoms with E-state index >= 15 is 0 Å². The van der Waals surface area contributed by atoms with Crippen LogP contribution in [-0.2, 0) is 11.3 Å². The van der Waals surface area contributed by atoms with Crippen LogP contribution in [0.2, 0.25) is 5.02 Å². The summed E-state index contributed by atoms with van der Waals surface area (Å²) in [6.07, 6.45) is 0. The lowest BCUT2D eigenvalue weighted by Crippen LogP contribution is -3.28. The van der Waals surface area contributed by atoms with E-state index < -0.39 is 0 Å². The zero-order valence-corrected chi connectivity index (χ0v) is 15.8. The number of amides is 1. The van der Waals surface area contributed by atoms with Gasteiger partial charge in [-0.2, -0.15) is 0 Å². The van der Waals surface area contributed by atoms with Gasteiger partial charge < -0.3 is 19.5 Å². The third-order valence-electron chi connectivity index (χ3n) is 4.96. The number of fused-ring (bicyclic) bond motifs is 1. The predicted octanol–water partition coefficient (Wildman–Crippen LogP) is 0.403. The van der Waals surface area contributed by atoms with Gasteiger partial charge in [-0.1, -0.05) is 35.9 Å². The summed E-state index contributed by atoms with van der Waals surface area (Å²) in [7, 11) is 0. The van der Waals surface area contributed by atoms with Gasteiger partial charge in [0.2, 0.25) is 0 Å². The number of benzene rings is 2. The quantitative estimate of drug-likeness (QED) is 0.595. The van der Waals surface area contributed by atoms with Gasteiger partial charge in [-0.15, -0.1) is 0 Å². The molecule has 1 aromatic heterocycles. The minimum atomic E-state index is 0.000464.